The van der Waals surface area contributed by atoms with Crippen LogP contribution in [0.4, 0.5) is 28.9 Å². The van der Waals surface area contributed by atoms with Gasteiger partial charge >= 0.3 is 12.1 Å². The summed E-state index contributed by atoms with van der Waals surface area (Å²) in [5.41, 5.74) is -2.39. The van der Waals surface area contributed by atoms with Crippen molar-refractivity contribution < 1.29 is 41.5 Å². The van der Waals surface area contributed by atoms with Gasteiger partial charge in [0.15, 0.2) is 6.61 Å². The maximum absolute atomic E-state index is 13.2. The van der Waals surface area contributed by atoms with Gasteiger partial charge in [-0.05, 0) is 35.9 Å². The molecule has 0 unspecified atom stereocenters. The number of nitro benzene ring substituents is 1. The highest BCUT2D eigenvalue weighted by Gasteiger charge is 2.35. The fourth-order valence-electron chi connectivity index (χ4n) is 2.89. The van der Waals surface area contributed by atoms with Crippen LogP contribution in [0.15, 0.2) is 66.7 Å². The summed E-state index contributed by atoms with van der Waals surface area (Å²) in [4.78, 5) is 34.3. The number of hydrogen-bond donors (Lipinski definition) is 1. The zero-order valence-corrected chi connectivity index (χ0v) is 17.7. The van der Waals surface area contributed by atoms with Crippen molar-refractivity contribution in [3.63, 3.8) is 0 Å². The molecule has 0 saturated carbocycles. The van der Waals surface area contributed by atoms with Gasteiger partial charge in [-0.3, -0.25) is 14.9 Å². The third-order valence-corrected chi connectivity index (χ3v) is 4.54. The molecule has 0 aliphatic carbocycles. The number of alkyl halides is 3. The van der Waals surface area contributed by atoms with Crippen molar-refractivity contribution in [2.75, 3.05) is 11.9 Å². The van der Waals surface area contributed by atoms with Gasteiger partial charge < -0.3 is 14.8 Å². The Morgan fingerprint density at radius 3 is 2.34 bits per heavy atom. The van der Waals surface area contributed by atoms with Gasteiger partial charge in [-0.15, -0.1) is 0 Å². The molecule has 0 atom stereocenters. The van der Waals surface area contributed by atoms with Crippen molar-refractivity contribution in [1.29, 1.82) is 0 Å². The first kappa shape index (κ1) is 25.1. The number of para-hydroxylation sites is 1. The van der Waals surface area contributed by atoms with Gasteiger partial charge in [0.05, 0.1) is 16.2 Å². The minimum atomic E-state index is -4.98. The smallest absolute Gasteiger partial charge is 0.418 e. The Bertz CT molecular complexity index is 1250. The summed E-state index contributed by atoms with van der Waals surface area (Å²) >= 11 is 0. The zero-order chi connectivity index (χ0) is 25.6. The van der Waals surface area contributed by atoms with Gasteiger partial charge in [-0.1, -0.05) is 24.3 Å². The number of nitro groups is 1. The average Bonchev–Trinajstić information content (AvgIpc) is 2.82. The van der Waals surface area contributed by atoms with E-state index in [0.29, 0.717) is 5.56 Å². The first-order valence-electron chi connectivity index (χ1n) is 9.83. The second kappa shape index (κ2) is 10.6. The Morgan fingerprint density at radius 1 is 1.00 bits per heavy atom. The molecular weight excluding hydrogens is 476 g/mol. The van der Waals surface area contributed by atoms with Crippen LogP contribution in [0.25, 0.3) is 0 Å². The molecule has 0 spiro atoms. The van der Waals surface area contributed by atoms with Crippen LogP contribution < -0.4 is 10.1 Å². The summed E-state index contributed by atoms with van der Waals surface area (Å²) in [6.07, 6.45) is -4.98. The number of halogens is 4. The highest BCUT2D eigenvalue weighted by Crippen LogP contribution is 2.37. The van der Waals surface area contributed by atoms with Crippen LogP contribution in [-0.2, 0) is 22.3 Å². The van der Waals surface area contributed by atoms with E-state index in [-0.39, 0.29) is 24.0 Å². The lowest BCUT2D eigenvalue weighted by atomic mass is 10.1. The number of carbonyl (C=O) groups is 2. The fourth-order valence-corrected chi connectivity index (χ4v) is 2.89. The minimum absolute atomic E-state index is 0.00538. The number of ether oxygens (including phenoxy) is 2. The molecule has 1 N–H and O–H groups in total. The number of carbonyl (C=O) groups excluding carboxylic acids is 2. The molecule has 3 aromatic rings. The Morgan fingerprint density at radius 2 is 1.69 bits per heavy atom. The maximum atomic E-state index is 13.2. The Hall–Kier alpha value is -4.48. The zero-order valence-electron chi connectivity index (χ0n) is 17.7. The van der Waals surface area contributed by atoms with Crippen molar-refractivity contribution in [2.45, 2.75) is 12.8 Å². The first-order chi connectivity index (χ1) is 16.5. The molecule has 1 amide bonds. The molecule has 8 nitrogen and oxygen atoms in total. The van der Waals surface area contributed by atoms with Gasteiger partial charge in [0.1, 0.15) is 23.7 Å². The van der Waals surface area contributed by atoms with Crippen LogP contribution in [0, 0.1) is 15.9 Å². The van der Waals surface area contributed by atoms with Gasteiger partial charge in [0, 0.05) is 12.1 Å². The van der Waals surface area contributed by atoms with E-state index in [1.54, 1.807) is 6.07 Å². The molecule has 0 bridgehead atoms. The predicted molar refractivity (Wildman–Crippen MR) is 114 cm³/mol. The predicted octanol–water partition coefficient (Wildman–Crippen LogP) is 5.13. The van der Waals surface area contributed by atoms with Crippen LogP contribution >= 0.6 is 0 Å². The minimum Gasteiger partial charge on any atom is -0.488 e. The van der Waals surface area contributed by atoms with Crippen molar-refractivity contribution in [1.82, 2.24) is 0 Å². The molecule has 0 aliphatic heterocycles. The molecule has 12 heteroatoms. The molecule has 3 rings (SSSR count). The van der Waals surface area contributed by atoms with Crippen molar-refractivity contribution in [2.24, 2.45) is 0 Å². The third kappa shape index (κ3) is 6.76. The molecule has 0 aliphatic rings. The van der Waals surface area contributed by atoms with Crippen LogP contribution in [0.5, 0.6) is 5.75 Å². The molecule has 0 aromatic heterocycles. The second-order valence-corrected chi connectivity index (χ2v) is 7.02. The topological polar surface area (TPSA) is 108 Å². The lowest BCUT2D eigenvalue weighted by Gasteiger charge is -2.14. The van der Waals surface area contributed by atoms with E-state index < -0.39 is 52.3 Å². The molecular formula is C23H16F4N2O6. The van der Waals surface area contributed by atoms with Gasteiger partial charge in [0.2, 0.25) is 0 Å². The Kier molecular flexibility index (Phi) is 7.64. The Balaban J connectivity index is 1.65. The number of nitrogens with zero attached hydrogens (tertiary/aromatic N) is 1. The maximum Gasteiger partial charge on any atom is 0.418 e. The number of hydrogen-bond acceptors (Lipinski definition) is 6. The van der Waals surface area contributed by atoms with Crippen LogP contribution in [0.1, 0.15) is 21.5 Å². The monoisotopic (exact) mass is 492 g/mol. The van der Waals surface area contributed by atoms with Crippen LogP contribution in [0.3, 0.4) is 0 Å². The van der Waals surface area contributed by atoms with Gasteiger partial charge in [0.25, 0.3) is 11.6 Å². The van der Waals surface area contributed by atoms with E-state index in [0.717, 1.165) is 12.1 Å². The van der Waals surface area contributed by atoms with Crippen LogP contribution in [-0.4, -0.2) is 23.4 Å². The number of amides is 1. The average molecular weight is 492 g/mol. The highest BCUT2D eigenvalue weighted by molar-refractivity contribution is 5.97. The number of nitrogens with one attached hydrogen (secondary N) is 1. The van der Waals surface area contributed by atoms with Crippen molar-refractivity contribution in [3.05, 3.63) is 99.4 Å². The SMILES string of the molecule is O=C(COC(=O)c1ccccc1OCc1ccc(F)cc1)Nc1ccc([N+](=O)[O-])cc1C(F)(F)F. The summed E-state index contributed by atoms with van der Waals surface area (Å²) in [6, 6.07) is 13.2. The molecule has 35 heavy (non-hydrogen) atoms. The largest absolute Gasteiger partial charge is 0.488 e. The van der Waals surface area contributed by atoms with Crippen molar-refractivity contribution in [3.8, 4) is 5.75 Å². The van der Waals surface area contributed by atoms with E-state index in [9.17, 15) is 37.3 Å². The molecule has 0 saturated heterocycles. The quantitative estimate of drug-likeness (QED) is 0.202. The lowest BCUT2D eigenvalue weighted by Crippen LogP contribution is -2.23. The normalized spacial score (nSPS) is 11.0. The molecule has 0 radical (unpaired) electrons. The van der Waals surface area contributed by atoms with E-state index in [2.05, 4.69) is 0 Å². The Labute approximate surface area is 195 Å². The van der Waals surface area contributed by atoms with Crippen molar-refractivity contribution >= 4 is 23.3 Å². The van der Waals surface area contributed by atoms with E-state index in [1.807, 2.05) is 5.32 Å². The first-order valence-corrected chi connectivity index (χ1v) is 9.83. The lowest BCUT2D eigenvalue weighted by molar-refractivity contribution is -0.385. The fraction of sp³-hybridized carbons (Fsp3) is 0.130. The summed E-state index contributed by atoms with van der Waals surface area (Å²) in [6.45, 7) is -0.926. The third-order valence-electron chi connectivity index (χ3n) is 4.54. The second-order valence-electron chi connectivity index (χ2n) is 7.02. The molecule has 182 valence electrons. The van der Waals surface area contributed by atoms with Crippen LogP contribution in [0.2, 0.25) is 0 Å². The number of anilines is 1. The summed E-state index contributed by atoms with van der Waals surface area (Å²) in [7, 11) is 0. The molecule has 3 aromatic carbocycles. The number of non-ortho nitro benzene ring substituents is 1. The standard InChI is InChI=1S/C23H16F4N2O6/c24-15-7-5-14(6-8-15)12-34-20-4-2-1-3-17(20)22(31)35-13-21(30)28-19-10-9-16(29(32)33)11-18(19)23(25,26)27/h1-11H,12-13H2,(H,28,30). The number of esters is 1. The summed E-state index contributed by atoms with van der Waals surface area (Å²) < 4.78 is 63.2. The van der Waals surface area contributed by atoms with E-state index in [1.165, 1.54) is 42.5 Å². The molecule has 0 fully saturated rings. The highest BCUT2D eigenvalue weighted by atomic mass is 19.4. The van der Waals surface area contributed by atoms with Gasteiger partial charge in [-0.2, -0.15) is 13.2 Å². The van der Waals surface area contributed by atoms with Gasteiger partial charge in [-0.25, -0.2) is 9.18 Å². The summed E-state index contributed by atoms with van der Waals surface area (Å²) in [5, 5.41) is 12.7. The number of rotatable bonds is 8. The van der Waals surface area contributed by atoms with E-state index in [4.69, 9.17) is 9.47 Å². The summed E-state index contributed by atoms with van der Waals surface area (Å²) in [5.74, 6) is -2.39. The molecule has 0 heterocycles. The van der Waals surface area contributed by atoms with E-state index >= 15 is 0 Å². The number of benzene rings is 3.